The van der Waals surface area contributed by atoms with Crippen LogP contribution in [0.3, 0.4) is 0 Å². The third-order valence-electron chi connectivity index (χ3n) is 4.04. The molecule has 0 bridgehead atoms. The Kier molecular flexibility index (Phi) is 6.45. The van der Waals surface area contributed by atoms with Crippen LogP contribution in [0.2, 0.25) is 10.0 Å². The molecule has 2 aromatic carbocycles. The number of ether oxygens (including phenoxy) is 1. The van der Waals surface area contributed by atoms with E-state index in [0.717, 1.165) is 16.8 Å². The number of carbonyl (C=O) groups excluding carboxylic acids is 1. The highest BCUT2D eigenvalue weighted by Gasteiger charge is 2.19. The molecule has 1 amide bonds. The number of halogens is 2. The molecule has 4 nitrogen and oxygen atoms in total. The Morgan fingerprint density at radius 1 is 1.07 bits per heavy atom. The van der Waals surface area contributed by atoms with Gasteiger partial charge in [-0.1, -0.05) is 59.6 Å². The summed E-state index contributed by atoms with van der Waals surface area (Å²) >= 11 is 12.0. The lowest BCUT2D eigenvalue weighted by Gasteiger charge is -2.19. The number of pyridine rings is 1. The highest BCUT2D eigenvalue weighted by molar-refractivity contribution is 6.42. The Morgan fingerprint density at radius 3 is 2.48 bits per heavy atom. The predicted molar refractivity (Wildman–Crippen MR) is 107 cm³/mol. The summed E-state index contributed by atoms with van der Waals surface area (Å²) in [5.41, 5.74) is 3.05. The van der Waals surface area contributed by atoms with Gasteiger partial charge in [-0.15, -0.1) is 0 Å². The zero-order chi connectivity index (χ0) is 19.2. The topological polar surface area (TPSA) is 51.2 Å². The van der Waals surface area contributed by atoms with Crippen LogP contribution in [0, 0.1) is 0 Å². The Bertz CT molecular complexity index is 915. The lowest BCUT2D eigenvalue weighted by molar-refractivity contribution is 0.0942. The number of nitrogens with one attached hydrogen (secondary N) is 1. The Balaban J connectivity index is 1.90. The molecule has 0 saturated heterocycles. The van der Waals surface area contributed by atoms with Gasteiger partial charge in [0.2, 0.25) is 0 Å². The number of carbonyl (C=O) groups is 1. The summed E-state index contributed by atoms with van der Waals surface area (Å²) in [5.74, 6) is -0.259. The van der Waals surface area contributed by atoms with Gasteiger partial charge < -0.3 is 10.1 Å². The van der Waals surface area contributed by atoms with Gasteiger partial charge in [-0.3, -0.25) is 9.78 Å². The summed E-state index contributed by atoms with van der Waals surface area (Å²) < 4.78 is 5.12. The van der Waals surface area contributed by atoms with Gasteiger partial charge in [-0.05, 0) is 35.4 Å². The molecule has 0 fully saturated rings. The Morgan fingerprint density at radius 2 is 1.85 bits per heavy atom. The van der Waals surface area contributed by atoms with Crippen LogP contribution in [0.25, 0.3) is 0 Å². The van der Waals surface area contributed by atoms with Gasteiger partial charge in [-0.2, -0.15) is 0 Å². The molecule has 1 heterocycles. The molecule has 0 spiro atoms. The van der Waals surface area contributed by atoms with E-state index in [0.29, 0.717) is 22.2 Å². The van der Waals surface area contributed by atoms with Gasteiger partial charge in [0, 0.05) is 18.9 Å². The second-order valence-corrected chi connectivity index (χ2v) is 6.78. The summed E-state index contributed by atoms with van der Waals surface area (Å²) in [6, 6.07) is 17.9. The fourth-order valence-electron chi connectivity index (χ4n) is 2.68. The number of amides is 1. The van der Waals surface area contributed by atoms with Crippen LogP contribution in [0.15, 0.2) is 66.9 Å². The van der Waals surface area contributed by atoms with Crippen molar-refractivity contribution in [1.29, 1.82) is 0 Å². The number of methoxy groups -OCH3 is 1. The zero-order valence-electron chi connectivity index (χ0n) is 14.7. The van der Waals surface area contributed by atoms with E-state index in [2.05, 4.69) is 10.3 Å². The molecule has 3 rings (SSSR count). The van der Waals surface area contributed by atoms with Crippen LogP contribution in [-0.4, -0.2) is 18.0 Å². The molecule has 0 aliphatic rings. The first-order valence-corrected chi connectivity index (χ1v) is 9.08. The molecule has 3 aromatic rings. The van der Waals surface area contributed by atoms with Crippen molar-refractivity contribution >= 4 is 29.1 Å². The maximum Gasteiger partial charge on any atom is 0.252 e. The van der Waals surface area contributed by atoms with Crippen LogP contribution in [-0.2, 0) is 11.3 Å². The van der Waals surface area contributed by atoms with Gasteiger partial charge >= 0.3 is 0 Å². The summed E-state index contributed by atoms with van der Waals surface area (Å²) in [6.07, 6.45) is 1.75. The van der Waals surface area contributed by atoms with Gasteiger partial charge in [0.25, 0.3) is 5.91 Å². The first-order chi connectivity index (χ1) is 13.1. The van der Waals surface area contributed by atoms with Gasteiger partial charge in [-0.25, -0.2) is 0 Å². The van der Waals surface area contributed by atoms with Crippen molar-refractivity contribution in [2.24, 2.45) is 0 Å². The van der Waals surface area contributed by atoms with Gasteiger partial charge in [0.05, 0.1) is 28.4 Å². The smallest absolute Gasteiger partial charge is 0.252 e. The largest absolute Gasteiger partial charge is 0.380 e. The molecule has 1 atom stereocenters. The minimum Gasteiger partial charge on any atom is -0.380 e. The van der Waals surface area contributed by atoms with E-state index in [9.17, 15) is 4.79 Å². The SMILES string of the molecule is COCc1ccc([C@@H](NC(=O)c2ccc(Cl)c(Cl)c2)c2ccccc2)nc1. The highest BCUT2D eigenvalue weighted by atomic mass is 35.5. The highest BCUT2D eigenvalue weighted by Crippen LogP contribution is 2.25. The van der Waals surface area contributed by atoms with E-state index in [1.54, 1.807) is 31.5 Å². The first-order valence-electron chi connectivity index (χ1n) is 8.33. The molecule has 0 radical (unpaired) electrons. The van der Waals surface area contributed by atoms with Crippen LogP contribution >= 0.6 is 23.2 Å². The van der Waals surface area contributed by atoms with Crippen molar-refractivity contribution in [3.63, 3.8) is 0 Å². The minimum atomic E-state index is -0.398. The standard InChI is InChI=1S/C21H18Cl2N2O2/c1-27-13-14-7-10-19(24-12-14)20(15-5-3-2-4-6-15)25-21(26)16-8-9-17(22)18(23)11-16/h2-12,20H,13H2,1H3,(H,25,26)/t20-/m0/s1. The molecular weight excluding hydrogens is 383 g/mol. The zero-order valence-corrected chi connectivity index (χ0v) is 16.2. The number of rotatable bonds is 6. The lowest BCUT2D eigenvalue weighted by atomic mass is 10.0. The van der Waals surface area contributed by atoms with E-state index in [1.807, 2.05) is 42.5 Å². The van der Waals surface area contributed by atoms with Crippen molar-refractivity contribution in [1.82, 2.24) is 10.3 Å². The molecule has 0 aliphatic heterocycles. The summed E-state index contributed by atoms with van der Waals surface area (Å²) in [4.78, 5) is 17.3. The third kappa shape index (κ3) is 4.86. The molecule has 138 valence electrons. The summed E-state index contributed by atoms with van der Waals surface area (Å²) in [6.45, 7) is 0.485. The number of aromatic nitrogens is 1. The van der Waals surface area contributed by atoms with E-state index < -0.39 is 6.04 Å². The maximum absolute atomic E-state index is 12.8. The van der Waals surface area contributed by atoms with Crippen molar-refractivity contribution < 1.29 is 9.53 Å². The van der Waals surface area contributed by atoms with E-state index in [1.165, 1.54) is 0 Å². The van der Waals surface area contributed by atoms with Crippen molar-refractivity contribution in [3.8, 4) is 0 Å². The number of benzene rings is 2. The molecular formula is C21H18Cl2N2O2. The van der Waals surface area contributed by atoms with E-state index in [4.69, 9.17) is 27.9 Å². The average molecular weight is 401 g/mol. The number of hydrogen-bond acceptors (Lipinski definition) is 3. The molecule has 0 aliphatic carbocycles. The molecule has 27 heavy (non-hydrogen) atoms. The maximum atomic E-state index is 12.8. The first kappa shape index (κ1) is 19.4. The monoisotopic (exact) mass is 400 g/mol. The Hall–Kier alpha value is -2.40. The summed E-state index contributed by atoms with van der Waals surface area (Å²) in [7, 11) is 1.64. The van der Waals surface area contributed by atoms with Crippen LogP contribution in [0.5, 0.6) is 0 Å². The van der Waals surface area contributed by atoms with Gasteiger partial charge in [0.15, 0.2) is 0 Å². The van der Waals surface area contributed by atoms with Crippen LogP contribution in [0.4, 0.5) is 0 Å². The predicted octanol–water partition coefficient (Wildman–Crippen LogP) is 5.05. The summed E-state index contributed by atoms with van der Waals surface area (Å²) in [5, 5.41) is 3.77. The van der Waals surface area contributed by atoms with Crippen molar-refractivity contribution in [2.75, 3.05) is 7.11 Å². The second-order valence-electron chi connectivity index (χ2n) is 5.97. The third-order valence-corrected chi connectivity index (χ3v) is 4.78. The Labute approximate surface area is 168 Å². The quantitative estimate of drug-likeness (QED) is 0.629. The molecule has 0 saturated carbocycles. The molecule has 1 N–H and O–H groups in total. The van der Waals surface area contributed by atoms with E-state index >= 15 is 0 Å². The fourth-order valence-corrected chi connectivity index (χ4v) is 2.98. The molecule has 1 aromatic heterocycles. The normalized spacial score (nSPS) is 11.8. The number of nitrogens with zero attached hydrogens (tertiary/aromatic N) is 1. The second kappa shape index (κ2) is 9.00. The number of hydrogen-bond donors (Lipinski definition) is 1. The minimum absolute atomic E-state index is 0.259. The van der Waals surface area contributed by atoms with Crippen LogP contribution < -0.4 is 5.32 Å². The van der Waals surface area contributed by atoms with Gasteiger partial charge in [0.1, 0.15) is 0 Å². The van der Waals surface area contributed by atoms with Crippen molar-refractivity contribution in [2.45, 2.75) is 12.6 Å². The van der Waals surface area contributed by atoms with Crippen molar-refractivity contribution in [3.05, 3.63) is 99.3 Å². The molecule has 0 unspecified atom stereocenters. The van der Waals surface area contributed by atoms with Crippen LogP contribution in [0.1, 0.15) is 33.2 Å². The average Bonchev–Trinajstić information content (AvgIpc) is 2.70. The van der Waals surface area contributed by atoms with E-state index in [-0.39, 0.29) is 5.91 Å². The fraction of sp³-hybridized carbons (Fsp3) is 0.143. The molecule has 6 heteroatoms. The lowest BCUT2D eigenvalue weighted by Crippen LogP contribution is -2.30.